The number of carbonyl (C=O) groups is 2. The standard InChI is InChI=1S/C14H23NO3/c1-14(2,3)18-13(17)15-9-11(16)8-10-6-4-5-7-12(10)15/h10,12H,4-9H2,1-3H3. The first-order valence-corrected chi connectivity index (χ1v) is 6.88. The van der Waals surface area contributed by atoms with Crippen LogP contribution in [0.25, 0.3) is 0 Å². The molecule has 0 radical (unpaired) electrons. The van der Waals surface area contributed by atoms with Crippen LogP contribution in [0.5, 0.6) is 0 Å². The molecule has 0 aromatic rings. The number of carbonyl (C=O) groups excluding carboxylic acids is 2. The average molecular weight is 253 g/mol. The molecule has 1 heterocycles. The van der Waals surface area contributed by atoms with Gasteiger partial charge < -0.3 is 4.74 Å². The lowest BCUT2D eigenvalue weighted by molar-refractivity contribution is -0.126. The largest absolute Gasteiger partial charge is 0.444 e. The Hall–Kier alpha value is -1.06. The molecule has 4 nitrogen and oxygen atoms in total. The van der Waals surface area contributed by atoms with Crippen molar-refractivity contribution in [3.05, 3.63) is 0 Å². The van der Waals surface area contributed by atoms with E-state index in [4.69, 9.17) is 4.74 Å². The number of hydrogen-bond donors (Lipinski definition) is 0. The maximum absolute atomic E-state index is 12.2. The highest BCUT2D eigenvalue weighted by molar-refractivity contribution is 5.85. The van der Waals surface area contributed by atoms with Gasteiger partial charge in [0.15, 0.2) is 5.78 Å². The van der Waals surface area contributed by atoms with Gasteiger partial charge in [-0.2, -0.15) is 0 Å². The Balaban J connectivity index is 2.09. The first-order valence-electron chi connectivity index (χ1n) is 6.88. The Morgan fingerprint density at radius 2 is 1.94 bits per heavy atom. The normalized spacial score (nSPS) is 28.8. The Kier molecular flexibility index (Phi) is 3.64. The van der Waals surface area contributed by atoms with E-state index in [0.717, 1.165) is 19.3 Å². The number of ether oxygens (including phenoxy) is 1. The third-order valence-corrected chi connectivity index (χ3v) is 3.73. The lowest BCUT2D eigenvalue weighted by Gasteiger charge is -2.43. The van der Waals surface area contributed by atoms with Crippen LogP contribution >= 0.6 is 0 Å². The van der Waals surface area contributed by atoms with Crippen LogP contribution in [-0.4, -0.2) is 35.0 Å². The fourth-order valence-electron chi connectivity index (χ4n) is 3.02. The van der Waals surface area contributed by atoms with E-state index in [9.17, 15) is 9.59 Å². The summed E-state index contributed by atoms with van der Waals surface area (Å²) in [5.41, 5.74) is -0.498. The molecule has 0 N–H and O–H groups in total. The quantitative estimate of drug-likeness (QED) is 0.667. The highest BCUT2D eigenvalue weighted by atomic mass is 16.6. The van der Waals surface area contributed by atoms with Gasteiger partial charge in [0.25, 0.3) is 0 Å². The summed E-state index contributed by atoms with van der Waals surface area (Å²) in [6.45, 7) is 5.80. The van der Waals surface area contributed by atoms with Crippen molar-refractivity contribution in [3.8, 4) is 0 Å². The molecule has 2 fully saturated rings. The predicted molar refractivity (Wildman–Crippen MR) is 68.3 cm³/mol. The lowest BCUT2D eigenvalue weighted by Crippen LogP contribution is -2.54. The summed E-state index contributed by atoms with van der Waals surface area (Å²) in [7, 11) is 0. The Morgan fingerprint density at radius 1 is 1.28 bits per heavy atom. The minimum atomic E-state index is -0.498. The molecular formula is C14H23NO3. The number of fused-ring (bicyclic) bond motifs is 1. The average Bonchev–Trinajstić information content (AvgIpc) is 2.25. The second kappa shape index (κ2) is 4.90. The molecule has 1 amide bonds. The van der Waals surface area contributed by atoms with Gasteiger partial charge in [0.05, 0.1) is 6.54 Å². The predicted octanol–water partition coefficient (Wildman–Crippen LogP) is 2.76. The first-order chi connectivity index (χ1) is 8.37. The van der Waals surface area contributed by atoms with Crippen molar-refractivity contribution in [2.24, 2.45) is 5.92 Å². The maximum atomic E-state index is 12.2. The van der Waals surface area contributed by atoms with E-state index in [-0.39, 0.29) is 24.5 Å². The second-order valence-corrected chi connectivity index (χ2v) is 6.46. The number of piperidine rings is 1. The molecular weight excluding hydrogens is 230 g/mol. The summed E-state index contributed by atoms with van der Waals surface area (Å²) in [5.74, 6) is 0.525. The summed E-state index contributed by atoms with van der Waals surface area (Å²) < 4.78 is 5.41. The van der Waals surface area contributed by atoms with Crippen LogP contribution in [-0.2, 0) is 9.53 Å². The number of Topliss-reactive ketones (excluding diaryl/α,β-unsaturated/α-hetero) is 1. The molecule has 2 aliphatic rings. The molecule has 1 aliphatic heterocycles. The topological polar surface area (TPSA) is 46.6 Å². The zero-order chi connectivity index (χ0) is 13.3. The van der Waals surface area contributed by atoms with Crippen molar-refractivity contribution < 1.29 is 14.3 Å². The molecule has 18 heavy (non-hydrogen) atoms. The molecule has 0 spiro atoms. The minimum absolute atomic E-state index is 0.170. The molecule has 2 atom stereocenters. The van der Waals surface area contributed by atoms with Crippen molar-refractivity contribution in [1.82, 2.24) is 4.90 Å². The molecule has 1 aliphatic carbocycles. The molecule has 1 saturated carbocycles. The highest BCUT2D eigenvalue weighted by Crippen LogP contribution is 2.34. The third kappa shape index (κ3) is 3.03. The minimum Gasteiger partial charge on any atom is -0.444 e. The van der Waals surface area contributed by atoms with E-state index < -0.39 is 5.60 Å². The van der Waals surface area contributed by atoms with Gasteiger partial charge in [0, 0.05) is 12.5 Å². The maximum Gasteiger partial charge on any atom is 0.410 e. The van der Waals surface area contributed by atoms with E-state index in [1.165, 1.54) is 6.42 Å². The molecule has 2 rings (SSSR count). The molecule has 102 valence electrons. The van der Waals surface area contributed by atoms with Crippen LogP contribution in [0, 0.1) is 5.92 Å². The van der Waals surface area contributed by atoms with Crippen LogP contribution in [0.1, 0.15) is 52.9 Å². The third-order valence-electron chi connectivity index (χ3n) is 3.73. The van der Waals surface area contributed by atoms with Gasteiger partial charge in [0.2, 0.25) is 0 Å². The second-order valence-electron chi connectivity index (χ2n) is 6.46. The summed E-state index contributed by atoms with van der Waals surface area (Å²) in [5, 5.41) is 0. The van der Waals surface area contributed by atoms with Crippen LogP contribution in [0.4, 0.5) is 4.79 Å². The Labute approximate surface area is 109 Å². The fourth-order valence-corrected chi connectivity index (χ4v) is 3.02. The summed E-state index contributed by atoms with van der Waals surface area (Å²) >= 11 is 0. The molecule has 1 saturated heterocycles. The van der Waals surface area contributed by atoms with Crippen LogP contribution in [0.15, 0.2) is 0 Å². The monoisotopic (exact) mass is 253 g/mol. The molecule has 2 unspecified atom stereocenters. The number of rotatable bonds is 0. The van der Waals surface area contributed by atoms with E-state index in [1.807, 2.05) is 20.8 Å². The Bertz CT molecular complexity index is 345. The fraction of sp³-hybridized carbons (Fsp3) is 0.857. The summed E-state index contributed by atoms with van der Waals surface area (Å²) in [6, 6.07) is 0.214. The number of ketones is 1. The van der Waals surface area contributed by atoms with Crippen molar-refractivity contribution >= 4 is 11.9 Å². The summed E-state index contributed by atoms with van der Waals surface area (Å²) in [4.78, 5) is 25.6. The van der Waals surface area contributed by atoms with Gasteiger partial charge >= 0.3 is 6.09 Å². The molecule has 0 aromatic heterocycles. The summed E-state index contributed by atoms with van der Waals surface area (Å²) in [6.07, 6.45) is 4.72. The van der Waals surface area contributed by atoms with E-state index in [0.29, 0.717) is 12.3 Å². The van der Waals surface area contributed by atoms with Crippen molar-refractivity contribution in [2.45, 2.75) is 64.5 Å². The van der Waals surface area contributed by atoms with Crippen molar-refractivity contribution in [1.29, 1.82) is 0 Å². The van der Waals surface area contributed by atoms with Gasteiger partial charge in [-0.15, -0.1) is 0 Å². The molecule has 0 aromatic carbocycles. The number of nitrogens with zero attached hydrogens (tertiary/aromatic N) is 1. The van der Waals surface area contributed by atoms with Crippen LogP contribution in [0.3, 0.4) is 0 Å². The molecule has 4 heteroatoms. The van der Waals surface area contributed by atoms with Gasteiger partial charge in [-0.25, -0.2) is 4.79 Å². The van der Waals surface area contributed by atoms with E-state index in [1.54, 1.807) is 4.90 Å². The van der Waals surface area contributed by atoms with Gasteiger partial charge in [-0.05, 0) is 39.5 Å². The number of hydrogen-bond acceptors (Lipinski definition) is 3. The SMILES string of the molecule is CC(C)(C)OC(=O)N1CC(=O)CC2CCCCC21. The van der Waals surface area contributed by atoms with E-state index >= 15 is 0 Å². The van der Waals surface area contributed by atoms with Crippen molar-refractivity contribution in [2.75, 3.05) is 6.54 Å². The lowest BCUT2D eigenvalue weighted by atomic mass is 9.78. The number of likely N-dealkylation sites (tertiary alicyclic amines) is 1. The van der Waals surface area contributed by atoms with Crippen LogP contribution < -0.4 is 0 Å². The van der Waals surface area contributed by atoms with Gasteiger partial charge in [0.1, 0.15) is 5.60 Å². The zero-order valence-corrected chi connectivity index (χ0v) is 11.6. The number of amides is 1. The van der Waals surface area contributed by atoms with E-state index in [2.05, 4.69) is 0 Å². The van der Waals surface area contributed by atoms with Crippen molar-refractivity contribution in [3.63, 3.8) is 0 Å². The molecule has 0 bridgehead atoms. The highest BCUT2D eigenvalue weighted by Gasteiger charge is 2.40. The zero-order valence-electron chi connectivity index (χ0n) is 11.6. The Morgan fingerprint density at radius 3 is 2.61 bits per heavy atom. The smallest absolute Gasteiger partial charge is 0.410 e. The van der Waals surface area contributed by atoms with Gasteiger partial charge in [-0.3, -0.25) is 9.69 Å². The van der Waals surface area contributed by atoms with Gasteiger partial charge in [-0.1, -0.05) is 12.8 Å². The van der Waals surface area contributed by atoms with Crippen LogP contribution in [0.2, 0.25) is 0 Å². The first kappa shape index (κ1) is 13.4.